The average molecular weight is 314 g/mol. The Morgan fingerprint density at radius 2 is 1.96 bits per heavy atom. The third kappa shape index (κ3) is 2.96. The van der Waals surface area contributed by atoms with E-state index >= 15 is 0 Å². The maximum atomic E-state index is 14.1. The molecule has 23 heavy (non-hydrogen) atoms. The molecule has 0 aliphatic carbocycles. The number of pyridine rings is 1. The predicted molar refractivity (Wildman–Crippen MR) is 81.0 cm³/mol. The van der Waals surface area contributed by atoms with Gasteiger partial charge in [-0.25, -0.2) is 8.78 Å². The second kappa shape index (κ2) is 6.00. The standard InChI is InChI=1S/C17H12F2N2O2/c18-14-6-5-12(17(20)22)16(19)13(14)9-23-11-7-10-3-1-2-4-15(10)21-8-11/h1-8H,9H2,(H2,20,22). The van der Waals surface area contributed by atoms with Crippen molar-refractivity contribution in [1.29, 1.82) is 0 Å². The molecule has 3 rings (SSSR count). The molecule has 0 spiro atoms. The Hall–Kier alpha value is -3.02. The van der Waals surface area contributed by atoms with Crippen molar-refractivity contribution in [2.45, 2.75) is 6.61 Å². The number of nitrogens with two attached hydrogens (primary N) is 1. The summed E-state index contributed by atoms with van der Waals surface area (Å²) in [4.78, 5) is 15.3. The van der Waals surface area contributed by atoms with Crippen LogP contribution in [0.3, 0.4) is 0 Å². The summed E-state index contributed by atoms with van der Waals surface area (Å²) in [6, 6.07) is 11.1. The second-order valence-corrected chi connectivity index (χ2v) is 4.90. The summed E-state index contributed by atoms with van der Waals surface area (Å²) in [7, 11) is 0. The van der Waals surface area contributed by atoms with Crippen molar-refractivity contribution in [1.82, 2.24) is 4.98 Å². The minimum Gasteiger partial charge on any atom is -0.487 e. The summed E-state index contributed by atoms with van der Waals surface area (Å²) in [6.45, 7) is -0.376. The maximum Gasteiger partial charge on any atom is 0.251 e. The molecule has 0 saturated heterocycles. The lowest BCUT2D eigenvalue weighted by Gasteiger charge is -2.10. The van der Waals surface area contributed by atoms with Gasteiger partial charge in [-0.1, -0.05) is 18.2 Å². The van der Waals surface area contributed by atoms with Crippen LogP contribution < -0.4 is 10.5 Å². The van der Waals surface area contributed by atoms with E-state index in [0.717, 1.165) is 23.0 Å². The fourth-order valence-corrected chi connectivity index (χ4v) is 2.21. The summed E-state index contributed by atoms with van der Waals surface area (Å²) >= 11 is 0. The third-order valence-electron chi connectivity index (χ3n) is 3.40. The van der Waals surface area contributed by atoms with E-state index in [4.69, 9.17) is 10.5 Å². The summed E-state index contributed by atoms with van der Waals surface area (Å²) in [5.74, 6) is -2.41. The lowest BCUT2D eigenvalue weighted by atomic mass is 10.1. The van der Waals surface area contributed by atoms with Gasteiger partial charge in [-0.3, -0.25) is 9.78 Å². The van der Waals surface area contributed by atoms with Gasteiger partial charge >= 0.3 is 0 Å². The highest BCUT2D eigenvalue weighted by atomic mass is 19.1. The molecule has 4 nitrogen and oxygen atoms in total. The molecule has 6 heteroatoms. The molecule has 0 bridgehead atoms. The van der Waals surface area contributed by atoms with E-state index in [9.17, 15) is 13.6 Å². The molecule has 1 amide bonds. The lowest BCUT2D eigenvalue weighted by molar-refractivity contribution is 0.0996. The first-order valence-electron chi connectivity index (χ1n) is 6.80. The van der Waals surface area contributed by atoms with E-state index in [2.05, 4.69) is 4.98 Å². The lowest BCUT2D eigenvalue weighted by Crippen LogP contribution is -2.15. The molecule has 1 heterocycles. The van der Waals surface area contributed by atoms with E-state index in [-0.39, 0.29) is 17.7 Å². The van der Waals surface area contributed by atoms with Crippen LogP contribution in [0.15, 0.2) is 48.7 Å². The fourth-order valence-electron chi connectivity index (χ4n) is 2.21. The molecule has 0 fully saturated rings. The van der Waals surface area contributed by atoms with Crippen LogP contribution in [0.25, 0.3) is 10.9 Å². The van der Waals surface area contributed by atoms with E-state index in [0.29, 0.717) is 5.75 Å². The molecule has 2 aromatic carbocycles. The average Bonchev–Trinajstić information content (AvgIpc) is 2.54. The number of primary amides is 1. The number of nitrogens with zero attached hydrogens (tertiary/aromatic N) is 1. The number of halogens is 2. The molecular weight excluding hydrogens is 302 g/mol. The number of carbonyl (C=O) groups is 1. The molecule has 116 valence electrons. The van der Waals surface area contributed by atoms with Gasteiger partial charge in [0.2, 0.25) is 0 Å². The Bertz CT molecular complexity index is 897. The topological polar surface area (TPSA) is 65.2 Å². The Balaban J connectivity index is 1.87. The van der Waals surface area contributed by atoms with Crippen molar-refractivity contribution >= 4 is 16.8 Å². The van der Waals surface area contributed by atoms with Gasteiger partial charge < -0.3 is 10.5 Å². The molecule has 0 atom stereocenters. The van der Waals surface area contributed by atoms with Crippen LogP contribution in [0.2, 0.25) is 0 Å². The Morgan fingerprint density at radius 3 is 2.74 bits per heavy atom. The molecule has 0 aliphatic rings. The number of ether oxygens (including phenoxy) is 1. The highest BCUT2D eigenvalue weighted by Crippen LogP contribution is 2.22. The normalized spacial score (nSPS) is 10.7. The van der Waals surface area contributed by atoms with Crippen LogP contribution >= 0.6 is 0 Å². The van der Waals surface area contributed by atoms with Crippen molar-refractivity contribution in [2.75, 3.05) is 0 Å². The van der Waals surface area contributed by atoms with E-state index in [1.807, 2.05) is 24.3 Å². The molecule has 1 aromatic heterocycles. The Kier molecular flexibility index (Phi) is 3.89. The second-order valence-electron chi connectivity index (χ2n) is 4.90. The van der Waals surface area contributed by atoms with Crippen LogP contribution in [0.1, 0.15) is 15.9 Å². The van der Waals surface area contributed by atoms with Gasteiger partial charge in [0.05, 0.1) is 22.8 Å². The minimum absolute atomic E-state index is 0.352. The number of carbonyl (C=O) groups excluding carboxylic acids is 1. The van der Waals surface area contributed by atoms with Crippen molar-refractivity contribution in [2.24, 2.45) is 5.73 Å². The Morgan fingerprint density at radius 1 is 1.17 bits per heavy atom. The van der Waals surface area contributed by atoms with Gasteiger partial charge in [0.25, 0.3) is 5.91 Å². The fraction of sp³-hybridized carbons (Fsp3) is 0.0588. The van der Waals surface area contributed by atoms with Gasteiger partial charge in [-0.15, -0.1) is 0 Å². The number of benzene rings is 2. The number of rotatable bonds is 4. The molecule has 0 saturated carbocycles. The summed E-state index contributed by atoms with van der Waals surface area (Å²) < 4.78 is 33.3. The van der Waals surface area contributed by atoms with E-state index < -0.39 is 17.5 Å². The monoisotopic (exact) mass is 314 g/mol. The summed E-state index contributed by atoms with van der Waals surface area (Å²) in [5.41, 5.74) is 5.11. The molecular formula is C17H12F2N2O2. The smallest absolute Gasteiger partial charge is 0.251 e. The number of para-hydroxylation sites is 1. The molecule has 0 radical (unpaired) electrons. The van der Waals surface area contributed by atoms with Gasteiger partial charge in [0.1, 0.15) is 24.0 Å². The zero-order chi connectivity index (χ0) is 16.4. The molecule has 0 aliphatic heterocycles. The van der Waals surface area contributed by atoms with E-state index in [1.165, 1.54) is 6.20 Å². The van der Waals surface area contributed by atoms with Gasteiger partial charge in [0.15, 0.2) is 0 Å². The van der Waals surface area contributed by atoms with Crippen LogP contribution in [0.5, 0.6) is 5.75 Å². The van der Waals surface area contributed by atoms with Gasteiger partial charge in [0, 0.05) is 5.39 Å². The highest BCUT2D eigenvalue weighted by molar-refractivity contribution is 5.93. The number of fused-ring (bicyclic) bond motifs is 1. The Labute approximate surface area is 130 Å². The molecule has 3 aromatic rings. The van der Waals surface area contributed by atoms with Crippen LogP contribution in [-0.4, -0.2) is 10.9 Å². The van der Waals surface area contributed by atoms with Crippen LogP contribution in [-0.2, 0) is 6.61 Å². The predicted octanol–water partition coefficient (Wildman–Crippen LogP) is 3.19. The largest absolute Gasteiger partial charge is 0.487 e. The van der Waals surface area contributed by atoms with Crippen molar-refractivity contribution < 1.29 is 18.3 Å². The summed E-state index contributed by atoms with van der Waals surface area (Å²) in [5, 5.41) is 0.844. The number of hydrogen-bond donors (Lipinski definition) is 1. The zero-order valence-corrected chi connectivity index (χ0v) is 11.9. The van der Waals surface area contributed by atoms with Gasteiger partial charge in [-0.05, 0) is 24.3 Å². The van der Waals surface area contributed by atoms with Crippen molar-refractivity contribution in [3.63, 3.8) is 0 Å². The van der Waals surface area contributed by atoms with Crippen molar-refractivity contribution in [3.05, 3.63) is 71.4 Å². The van der Waals surface area contributed by atoms with E-state index in [1.54, 1.807) is 6.07 Å². The van der Waals surface area contributed by atoms with Crippen LogP contribution in [0.4, 0.5) is 8.78 Å². The molecule has 0 unspecified atom stereocenters. The summed E-state index contributed by atoms with van der Waals surface area (Å²) in [6.07, 6.45) is 1.47. The number of amides is 1. The molecule has 2 N–H and O–H groups in total. The zero-order valence-electron chi connectivity index (χ0n) is 11.9. The highest BCUT2D eigenvalue weighted by Gasteiger charge is 2.17. The first-order valence-corrected chi connectivity index (χ1v) is 6.80. The first-order chi connectivity index (χ1) is 11.1. The minimum atomic E-state index is -1.01. The third-order valence-corrected chi connectivity index (χ3v) is 3.40. The number of hydrogen-bond acceptors (Lipinski definition) is 3. The van der Waals surface area contributed by atoms with Gasteiger partial charge in [-0.2, -0.15) is 0 Å². The SMILES string of the molecule is NC(=O)c1ccc(F)c(COc2cnc3ccccc3c2)c1F. The maximum absolute atomic E-state index is 14.1. The quantitative estimate of drug-likeness (QED) is 0.804. The first kappa shape index (κ1) is 14.9. The number of aromatic nitrogens is 1. The van der Waals surface area contributed by atoms with Crippen LogP contribution in [0, 0.1) is 11.6 Å². The van der Waals surface area contributed by atoms with Crippen molar-refractivity contribution in [3.8, 4) is 5.75 Å².